The highest BCUT2D eigenvalue weighted by molar-refractivity contribution is 5.22. The third kappa shape index (κ3) is 6.96. The highest BCUT2D eigenvalue weighted by atomic mass is 16.7. The van der Waals surface area contributed by atoms with Crippen molar-refractivity contribution in [2.45, 2.75) is 123 Å². The molecule has 3 heterocycles. The topological polar surface area (TPSA) is 321 Å². The minimum absolute atomic E-state index is 0.0225. The predicted octanol–water partition coefficient (Wildman–Crippen LogP) is -8.56. The molecule has 10 unspecified atom stereocenters. The van der Waals surface area contributed by atoms with Crippen LogP contribution in [0.5, 0.6) is 0 Å². The molecular formula is C25H43NO18. The number of hydrogen-bond acceptors (Lipinski definition) is 19. The summed E-state index contributed by atoms with van der Waals surface area (Å²) < 4.78 is 27.4. The minimum Gasteiger partial charge on any atom is -0.394 e. The second kappa shape index (κ2) is 14.8. The van der Waals surface area contributed by atoms with E-state index in [2.05, 4.69) is 5.32 Å². The fraction of sp³-hybridized carbons (Fsp3) is 0.920. The summed E-state index contributed by atoms with van der Waals surface area (Å²) in [5.74, 6) is 0. The number of hydrogen-bond donors (Lipinski definition) is 14. The van der Waals surface area contributed by atoms with E-state index < -0.39 is 136 Å². The lowest BCUT2D eigenvalue weighted by Crippen LogP contribution is -2.68. The van der Waals surface area contributed by atoms with Crippen molar-refractivity contribution in [1.29, 1.82) is 0 Å². The molecule has 3 fully saturated rings. The van der Waals surface area contributed by atoms with E-state index in [0.29, 0.717) is 0 Å². The Morgan fingerprint density at radius 3 is 1.73 bits per heavy atom. The summed E-state index contributed by atoms with van der Waals surface area (Å²) in [6, 6.07) is -2.17. The van der Waals surface area contributed by atoms with E-state index in [4.69, 9.17) is 23.7 Å². The smallest absolute Gasteiger partial charge is 0.187 e. The van der Waals surface area contributed by atoms with E-state index in [9.17, 15) is 66.4 Å². The van der Waals surface area contributed by atoms with E-state index in [1.54, 1.807) is 0 Å². The molecule has 256 valence electrons. The molecule has 0 aromatic heterocycles. The molecule has 0 aromatic rings. The van der Waals surface area contributed by atoms with Gasteiger partial charge in [-0.2, -0.15) is 0 Å². The summed E-state index contributed by atoms with van der Waals surface area (Å²) >= 11 is 0. The number of rotatable bonds is 9. The Morgan fingerprint density at radius 2 is 1.16 bits per heavy atom. The van der Waals surface area contributed by atoms with E-state index >= 15 is 0 Å². The Morgan fingerprint density at radius 1 is 0.636 bits per heavy atom. The molecule has 0 saturated carbocycles. The third-order valence-electron chi connectivity index (χ3n) is 8.48. The first kappa shape index (κ1) is 35.8. The largest absolute Gasteiger partial charge is 0.394 e. The number of nitrogens with one attached hydrogen (secondary N) is 1. The van der Waals surface area contributed by atoms with Gasteiger partial charge in [-0.05, 0) is 12.5 Å². The van der Waals surface area contributed by atoms with Crippen LogP contribution in [0.1, 0.15) is 6.92 Å². The first-order valence-electron chi connectivity index (χ1n) is 14.1. The monoisotopic (exact) mass is 645 g/mol. The molecule has 0 radical (unpaired) electrons. The van der Waals surface area contributed by atoms with Crippen molar-refractivity contribution in [1.82, 2.24) is 5.32 Å². The Balaban J connectivity index is 1.42. The van der Waals surface area contributed by atoms with Crippen LogP contribution in [-0.4, -0.2) is 203 Å². The van der Waals surface area contributed by atoms with Crippen LogP contribution in [0.2, 0.25) is 0 Å². The van der Waals surface area contributed by atoms with Crippen LogP contribution in [0.25, 0.3) is 0 Å². The Kier molecular flexibility index (Phi) is 12.1. The molecule has 3 saturated heterocycles. The number of aliphatic hydroxyl groups is 13. The van der Waals surface area contributed by atoms with Crippen molar-refractivity contribution >= 4 is 0 Å². The van der Waals surface area contributed by atoms with Gasteiger partial charge in [0.2, 0.25) is 0 Å². The summed E-state index contributed by atoms with van der Waals surface area (Å²) in [7, 11) is 0. The predicted molar refractivity (Wildman–Crippen MR) is 138 cm³/mol. The summed E-state index contributed by atoms with van der Waals surface area (Å²) in [4.78, 5) is 0. The quantitative estimate of drug-likeness (QED) is 0.103. The normalized spacial score (nSPS) is 52.0. The standard InChI is InChI=1S/C25H43NO18/c1-6-11(26-8-2-7(3-27)12(30)15(33)13(8)31)14(32)19(37)24(40-6)43-22-10(5-29)42-25(20(38)17(22)35)44-21-9(4-28)41-23(39)18(36)16(21)34/h2,6,8-39H,3-5H2,1H3/t6?,8?,9?,10?,11?,12-,13+,14+,15+,16-,17-,18+,19+,20+,21?,22?,23?,24?,25?/m1/s1. The lowest BCUT2D eigenvalue weighted by Gasteiger charge is -2.48. The highest BCUT2D eigenvalue weighted by Gasteiger charge is 2.53. The molecule has 3 aliphatic heterocycles. The van der Waals surface area contributed by atoms with E-state index in [-0.39, 0.29) is 5.57 Å². The molecule has 19 atom stereocenters. The van der Waals surface area contributed by atoms with Gasteiger partial charge >= 0.3 is 0 Å². The molecule has 0 spiro atoms. The molecule has 0 bridgehead atoms. The average Bonchev–Trinajstić information content (AvgIpc) is 3.00. The van der Waals surface area contributed by atoms with Gasteiger partial charge in [-0.3, -0.25) is 0 Å². The summed E-state index contributed by atoms with van der Waals surface area (Å²) in [6.45, 7) is -0.753. The molecule has 14 N–H and O–H groups in total. The van der Waals surface area contributed by atoms with Crippen molar-refractivity contribution in [3.8, 4) is 0 Å². The zero-order valence-electron chi connectivity index (χ0n) is 23.5. The number of ether oxygens (including phenoxy) is 5. The van der Waals surface area contributed by atoms with Gasteiger partial charge in [-0.1, -0.05) is 6.08 Å². The SMILES string of the molecule is CC1OC(OC2C(CO)OC(OC3C(CO)OC(O)[C@@H](O)[C@H]3O)[C@@H](O)[C@H]2O)[C@@H](O)[C@@H](O)C1NC1C=C(CO)[C@@H](O)[C@H](O)[C@H]1O. The van der Waals surface area contributed by atoms with Crippen LogP contribution in [-0.2, 0) is 23.7 Å². The van der Waals surface area contributed by atoms with Gasteiger partial charge in [0, 0.05) is 0 Å². The molecule has 0 amide bonds. The lowest BCUT2D eigenvalue weighted by atomic mass is 9.86. The summed E-state index contributed by atoms with van der Waals surface area (Å²) in [6.07, 6.45) is -26.6. The minimum atomic E-state index is -1.93. The van der Waals surface area contributed by atoms with Crippen LogP contribution >= 0.6 is 0 Å². The number of aliphatic hydroxyl groups excluding tert-OH is 13. The fourth-order valence-corrected chi connectivity index (χ4v) is 5.81. The molecule has 4 aliphatic rings. The van der Waals surface area contributed by atoms with Crippen LogP contribution in [0, 0.1) is 0 Å². The molecular weight excluding hydrogens is 602 g/mol. The van der Waals surface area contributed by atoms with Gasteiger partial charge < -0.3 is 95.4 Å². The van der Waals surface area contributed by atoms with Gasteiger partial charge in [0.15, 0.2) is 18.9 Å². The van der Waals surface area contributed by atoms with Crippen molar-refractivity contribution in [2.75, 3.05) is 19.8 Å². The molecule has 19 heteroatoms. The van der Waals surface area contributed by atoms with Crippen LogP contribution in [0.4, 0.5) is 0 Å². The van der Waals surface area contributed by atoms with Crippen molar-refractivity contribution in [2.24, 2.45) is 0 Å². The van der Waals surface area contributed by atoms with Gasteiger partial charge in [0.05, 0.1) is 38.0 Å². The van der Waals surface area contributed by atoms with Crippen LogP contribution < -0.4 is 5.32 Å². The maximum atomic E-state index is 10.9. The maximum Gasteiger partial charge on any atom is 0.187 e. The maximum absolute atomic E-state index is 10.9. The Labute approximate surface area is 250 Å². The zero-order chi connectivity index (χ0) is 32.6. The van der Waals surface area contributed by atoms with Gasteiger partial charge in [-0.15, -0.1) is 0 Å². The third-order valence-corrected chi connectivity index (χ3v) is 8.48. The molecule has 19 nitrogen and oxygen atoms in total. The second-order valence-corrected chi connectivity index (χ2v) is 11.4. The summed E-state index contributed by atoms with van der Waals surface area (Å²) in [5, 5.41) is 136. The van der Waals surface area contributed by atoms with E-state index in [0.717, 1.165) is 0 Å². The van der Waals surface area contributed by atoms with Crippen LogP contribution in [0.15, 0.2) is 11.6 Å². The zero-order valence-corrected chi connectivity index (χ0v) is 23.5. The highest BCUT2D eigenvalue weighted by Crippen LogP contribution is 2.32. The first-order valence-corrected chi connectivity index (χ1v) is 14.1. The molecule has 4 rings (SSSR count). The average molecular weight is 646 g/mol. The van der Waals surface area contributed by atoms with E-state index in [1.807, 2.05) is 0 Å². The Bertz CT molecular complexity index is 958. The lowest BCUT2D eigenvalue weighted by molar-refractivity contribution is -0.373. The second-order valence-electron chi connectivity index (χ2n) is 11.4. The van der Waals surface area contributed by atoms with Gasteiger partial charge in [0.25, 0.3) is 0 Å². The fourth-order valence-electron chi connectivity index (χ4n) is 5.81. The van der Waals surface area contributed by atoms with Gasteiger partial charge in [0.1, 0.15) is 79.4 Å². The molecule has 1 aliphatic carbocycles. The van der Waals surface area contributed by atoms with Crippen molar-refractivity contribution in [3.63, 3.8) is 0 Å². The first-order chi connectivity index (χ1) is 20.7. The van der Waals surface area contributed by atoms with E-state index in [1.165, 1.54) is 13.0 Å². The molecule has 0 aromatic carbocycles. The van der Waals surface area contributed by atoms with Crippen molar-refractivity contribution in [3.05, 3.63) is 11.6 Å². The Hall–Kier alpha value is -1.02. The summed E-state index contributed by atoms with van der Waals surface area (Å²) in [5.41, 5.74) is 0.0225. The van der Waals surface area contributed by atoms with Crippen LogP contribution in [0.3, 0.4) is 0 Å². The molecule has 44 heavy (non-hydrogen) atoms. The van der Waals surface area contributed by atoms with Crippen molar-refractivity contribution < 1.29 is 90.1 Å². The van der Waals surface area contributed by atoms with Gasteiger partial charge in [-0.25, -0.2) is 0 Å².